The molecule has 0 radical (unpaired) electrons. The van der Waals surface area contributed by atoms with Crippen molar-refractivity contribution in [3.05, 3.63) is 42.0 Å². The van der Waals surface area contributed by atoms with Crippen LogP contribution in [0, 0.1) is 6.92 Å². The first-order chi connectivity index (χ1) is 8.81. The Balaban J connectivity index is 2.33. The fourth-order valence-electron chi connectivity index (χ4n) is 2.32. The van der Waals surface area contributed by atoms with Crippen LogP contribution in [0.5, 0.6) is 5.75 Å². The number of hydrogen-bond donors (Lipinski definition) is 1. The molecule has 0 atom stereocenters. The van der Waals surface area contributed by atoms with E-state index >= 15 is 0 Å². The maximum absolute atomic E-state index is 5.72. The number of hydrogen-bond acceptors (Lipinski definition) is 2. The molecule has 1 heterocycles. The van der Waals surface area contributed by atoms with E-state index in [0.717, 1.165) is 27.7 Å². The summed E-state index contributed by atoms with van der Waals surface area (Å²) >= 11 is 0. The van der Waals surface area contributed by atoms with Crippen molar-refractivity contribution in [2.75, 3.05) is 13.9 Å². The Morgan fingerprint density at radius 1 is 1.06 bits per heavy atom. The number of rotatable bonds is 3. The molecular weight excluding hydrogens is 226 g/mol. The van der Waals surface area contributed by atoms with Crippen LogP contribution in [0.3, 0.4) is 0 Å². The molecule has 0 spiro atoms. The van der Waals surface area contributed by atoms with E-state index in [-0.39, 0.29) is 6.79 Å². The van der Waals surface area contributed by atoms with E-state index in [2.05, 4.69) is 29.2 Å². The summed E-state index contributed by atoms with van der Waals surface area (Å²) in [5.41, 5.74) is 3.33. The highest BCUT2D eigenvalue weighted by Crippen LogP contribution is 2.35. The number of para-hydroxylation sites is 1. The maximum Gasteiger partial charge on any atom is 0.188 e. The zero-order valence-corrected chi connectivity index (χ0v) is 10.5. The lowest BCUT2D eigenvalue weighted by molar-refractivity contribution is 0.0518. The predicted molar refractivity (Wildman–Crippen MR) is 73.0 cm³/mol. The van der Waals surface area contributed by atoms with Crippen molar-refractivity contribution in [1.29, 1.82) is 0 Å². The smallest absolute Gasteiger partial charge is 0.188 e. The van der Waals surface area contributed by atoms with Gasteiger partial charge in [0.15, 0.2) is 6.79 Å². The van der Waals surface area contributed by atoms with Crippen LogP contribution in [0.25, 0.3) is 21.8 Å². The summed E-state index contributed by atoms with van der Waals surface area (Å²) in [6.07, 6.45) is 0. The lowest BCUT2D eigenvalue weighted by atomic mass is 10.1. The standard InChI is InChI=1S/C15H15NO2/c1-10-7-8-13-14(15(10)18-9-17-2)11-5-3-4-6-12(11)16-13/h3-8,16H,9H2,1-2H3. The van der Waals surface area contributed by atoms with Crippen molar-refractivity contribution < 1.29 is 9.47 Å². The fraction of sp³-hybridized carbons (Fsp3) is 0.200. The molecule has 3 rings (SSSR count). The predicted octanol–water partition coefficient (Wildman–Crippen LogP) is 3.61. The van der Waals surface area contributed by atoms with Crippen LogP contribution in [0.4, 0.5) is 0 Å². The monoisotopic (exact) mass is 241 g/mol. The van der Waals surface area contributed by atoms with Gasteiger partial charge in [0.2, 0.25) is 0 Å². The molecule has 0 bridgehead atoms. The molecule has 0 saturated carbocycles. The molecule has 0 aliphatic heterocycles. The van der Waals surface area contributed by atoms with Crippen LogP contribution in [-0.2, 0) is 4.74 Å². The van der Waals surface area contributed by atoms with Crippen LogP contribution in [0.15, 0.2) is 36.4 Å². The minimum absolute atomic E-state index is 0.263. The van der Waals surface area contributed by atoms with Crippen LogP contribution in [-0.4, -0.2) is 18.9 Å². The van der Waals surface area contributed by atoms with Gasteiger partial charge in [-0.05, 0) is 24.6 Å². The van der Waals surface area contributed by atoms with Gasteiger partial charge in [-0.1, -0.05) is 24.3 Å². The largest absolute Gasteiger partial charge is 0.467 e. The minimum atomic E-state index is 0.263. The molecule has 0 unspecified atom stereocenters. The second-order valence-electron chi connectivity index (χ2n) is 4.36. The molecular formula is C15H15NO2. The third kappa shape index (κ3) is 1.64. The molecule has 1 N–H and O–H groups in total. The molecule has 0 fully saturated rings. The molecule has 1 aromatic heterocycles. The van der Waals surface area contributed by atoms with Crippen LogP contribution in [0.2, 0.25) is 0 Å². The zero-order valence-electron chi connectivity index (χ0n) is 10.5. The van der Waals surface area contributed by atoms with Gasteiger partial charge < -0.3 is 14.5 Å². The number of methoxy groups -OCH3 is 1. The van der Waals surface area contributed by atoms with E-state index in [4.69, 9.17) is 9.47 Å². The van der Waals surface area contributed by atoms with Crippen molar-refractivity contribution in [2.45, 2.75) is 6.92 Å². The molecule has 92 valence electrons. The van der Waals surface area contributed by atoms with E-state index in [1.54, 1.807) is 7.11 Å². The van der Waals surface area contributed by atoms with Crippen molar-refractivity contribution in [1.82, 2.24) is 4.98 Å². The number of aryl methyl sites for hydroxylation is 1. The number of aromatic amines is 1. The van der Waals surface area contributed by atoms with Gasteiger partial charge in [0, 0.05) is 23.4 Å². The Morgan fingerprint density at radius 2 is 1.89 bits per heavy atom. The van der Waals surface area contributed by atoms with Crippen LogP contribution >= 0.6 is 0 Å². The van der Waals surface area contributed by atoms with Gasteiger partial charge >= 0.3 is 0 Å². The summed E-state index contributed by atoms with van der Waals surface area (Å²) in [6, 6.07) is 12.4. The highest BCUT2D eigenvalue weighted by Gasteiger charge is 2.11. The third-order valence-electron chi connectivity index (χ3n) is 3.14. The Bertz CT molecular complexity index is 700. The number of aromatic nitrogens is 1. The van der Waals surface area contributed by atoms with E-state index < -0.39 is 0 Å². The number of benzene rings is 2. The maximum atomic E-state index is 5.72. The Labute approximate surface area is 105 Å². The molecule has 18 heavy (non-hydrogen) atoms. The second-order valence-corrected chi connectivity index (χ2v) is 4.36. The summed E-state index contributed by atoms with van der Waals surface area (Å²) in [5.74, 6) is 0.895. The van der Waals surface area contributed by atoms with E-state index in [1.807, 2.05) is 19.1 Å². The summed E-state index contributed by atoms with van der Waals surface area (Å²) in [4.78, 5) is 3.40. The van der Waals surface area contributed by atoms with Gasteiger partial charge in [-0.3, -0.25) is 0 Å². The number of fused-ring (bicyclic) bond motifs is 3. The normalized spacial score (nSPS) is 11.2. The molecule has 0 aliphatic carbocycles. The van der Waals surface area contributed by atoms with E-state index in [1.165, 1.54) is 5.39 Å². The van der Waals surface area contributed by atoms with Gasteiger partial charge in [-0.2, -0.15) is 0 Å². The van der Waals surface area contributed by atoms with E-state index in [9.17, 15) is 0 Å². The number of ether oxygens (including phenoxy) is 2. The lowest BCUT2D eigenvalue weighted by Crippen LogP contribution is -2.00. The second kappa shape index (κ2) is 4.35. The summed E-state index contributed by atoms with van der Waals surface area (Å²) < 4.78 is 10.7. The molecule has 0 saturated heterocycles. The van der Waals surface area contributed by atoms with Crippen molar-refractivity contribution >= 4 is 21.8 Å². The quantitative estimate of drug-likeness (QED) is 0.711. The molecule has 3 nitrogen and oxygen atoms in total. The van der Waals surface area contributed by atoms with Gasteiger partial charge in [0.25, 0.3) is 0 Å². The van der Waals surface area contributed by atoms with Gasteiger partial charge in [-0.15, -0.1) is 0 Å². The lowest BCUT2D eigenvalue weighted by Gasteiger charge is -2.09. The average Bonchev–Trinajstić information content (AvgIpc) is 2.76. The Hall–Kier alpha value is -2.00. The first-order valence-electron chi connectivity index (χ1n) is 5.93. The highest BCUT2D eigenvalue weighted by molar-refractivity contribution is 6.10. The first kappa shape index (κ1) is 11.1. The van der Waals surface area contributed by atoms with Crippen molar-refractivity contribution in [3.8, 4) is 5.75 Å². The van der Waals surface area contributed by atoms with E-state index in [0.29, 0.717) is 0 Å². The minimum Gasteiger partial charge on any atom is -0.467 e. The first-order valence-corrected chi connectivity index (χ1v) is 5.93. The Kier molecular flexibility index (Phi) is 2.68. The highest BCUT2D eigenvalue weighted by atomic mass is 16.7. The zero-order chi connectivity index (χ0) is 12.5. The SMILES string of the molecule is COCOc1c(C)ccc2[nH]c3ccccc3c12. The molecule has 3 heteroatoms. The number of nitrogens with one attached hydrogen (secondary N) is 1. The van der Waals surface area contributed by atoms with Gasteiger partial charge in [0.1, 0.15) is 5.75 Å². The average molecular weight is 241 g/mol. The summed E-state index contributed by atoms with van der Waals surface area (Å²) in [5, 5.41) is 2.31. The molecule has 3 aromatic rings. The fourth-order valence-corrected chi connectivity index (χ4v) is 2.32. The van der Waals surface area contributed by atoms with Crippen molar-refractivity contribution in [3.63, 3.8) is 0 Å². The van der Waals surface area contributed by atoms with Crippen LogP contribution < -0.4 is 4.74 Å². The summed E-state index contributed by atoms with van der Waals surface area (Å²) in [7, 11) is 1.63. The number of H-pyrrole nitrogens is 1. The summed E-state index contributed by atoms with van der Waals surface area (Å²) in [6.45, 7) is 2.31. The van der Waals surface area contributed by atoms with Gasteiger partial charge in [-0.25, -0.2) is 0 Å². The molecule has 2 aromatic carbocycles. The molecule has 0 amide bonds. The third-order valence-corrected chi connectivity index (χ3v) is 3.14. The topological polar surface area (TPSA) is 34.2 Å². The van der Waals surface area contributed by atoms with Crippen molar-refractivity contribution in [2.24, 2.45) is 0 Å². The van der Waals surface area contributed by atoms with Crippen LogP contribution in [0.1, 0.15) is 5.56 Å². The molecule has 0 aliphatic rings. The Morgan fingerprint density at radius 3 is 2.72 bits per heavy atom. The van der Waals surface area contributed by atoms with Gasteiger partial charge in [0.05, 0.1) is 5.52 Å².